The minimum atomic E-state index is -0.0414. The zero-order valence-corrected chi connectivity index (χ0v) is 13.2. The highest BCUT2D eigenvalue weighted by molar-refractivity contribution is 5.92. The van der Waals surface area contributed by atoms with Crippen LogP contribution in [-0.4, -0.2) is 30.4 Å². The summed E-state index contributed by atoms with van der Waals surface area (Å²) in [6.45, 7) is 9.25. The number of rotatable bonds is 8. The predicted octanol–water partition coefficient (Wildman–Crippen LogP) is 3.25. The number of nitrogens with zero attached hydrogens (tertiary/aromatic N) is 2. The first kappa shape index (κ1) is 17.2. The molecule has 0 aliphatic carbocycles. The highest BCUT2D eigenvalue weighted by Gasteiger charge is 2.11. The van der Waals surface area contributed by atoms with Crippen LogP contribution in [0.5, 0.6) is 0 Å². The third-order valence-electron chi connectivity index (χ3n) is 3.69. The van der Waals surface area contributed by atoms with Gasteiger partial charge in [0.05, 0.1) is 11.3 Å². The number of carbonyl (C=O) groups excluding carboxylic acids is 1. The minimum absolute atomic E-state index is 0.0414. The summed E-state index contributed by atoms with van der Waals surface area (Å²) in [4.78, 5) is 14.3. The van der Waals surface area contributed by atoms with Crippen molar-refractivity contribution >= 4 is 11.6 Å². The van der Waals surface area contributed by atoms with Gasteiger partial charge in [0.2, 0.25) is 5.91 Å². The predicted molar refractivity (Wildman–Crippen MR) is 86.0 cm³/mol. The van der Waals surface area contributed by atoms with Crippen molar-refractivity contribution in [3.8, 4) is 6.07 Å². The molecule has 4 heteroatoms. The fourth-order valence-electron chi connectivity index (χ4n) is 2.11. The van der Waals surface area contributed by atoms with Crippen LogP contribution in [0.2, 0.25) is 0 Å². The maximum atomic E-state index is 12.0. The van der Waals surface area contributed by atoms with Gasteiger partial charge in [0, 0.05) is 19.5 Å². The topological polar surface area (TPSA) is 56.1 Å². The van der Waals surface area contributed by atoms with Crippen LogP contribution in [0.1, 0.15) is 39.2 Å². The van der Waals surface area contributed by atoms with Crippen molar-refractivity contribution in [3.63, 3.8) is 0 Å². The van der Waals surface area contributed by atoms with E-state index in [0.29, 0.717) is 23.6 Å². The molecule has 1 aromatic carbocycles. The lowest BCUT2D eigenvalue weighted by Gasteiger charge is -2.23. The molecule has 1 N–H and O–H groups in total. The monoisotopic (exact) mass is 287 g/mol. The standard InChI is InChI=1S/C17H25N3O/c1-4-14(3)13-20(5-2)11-10-17(21)19-16-9-7-6-8-15(16)12-18/h6-9,14H,4-5,10-11,13H2,1-3H3,(H,19,21). The molecule has 0 spiro atoms. The molecule has 0 fully saturated rings. The summed E-state index contributed by atoms with van der Waals surface area (Å²) in [7, 11) is 0. The third-order valence-corrected chi connectivity index (χ3v) is 3.69. The molecule has 4 nitrogen and oxygen atoms in total. The van der Waals surface area contributed by atoms with Crippen molar-refractivity contribution < 1.29 is 4.79 Å². The van der Waals surface area contributed by atoms with Crippen LogP contribution >= 0.6 is 0 Å². The second-order valence-corrected chi connectivity index (χ2v) is 5.36. The van der Waals surface area contributed by atoms with Crippen LogP contribution in [0.4, 0.5) is 5.69 Å². The zero-order valence-electron chi connectivity index (χ0n) is 13.2. The Kier molecular flexibility index (Phi) is 7.49. The molecule has 21 heavy (non-hydrogen) atoms. The lowest BCUT2D eigenvalue weighted by Crippen LogP contribution is -2.31. The fraction of sp³-hybridized carbons (Fsp3) is 0.529. The Labute approximate surface area is 127 Å². The molecule has 0 aromatic heterocycles. The maximum Gasteiger partial charge on any atom is 0.225 e. The molecule has 1 rings (SSSR count). The van der Waals surface area contributed by atoms with Gasteiger partial charge in [-0.05, 0) is 24.6 Å². The van der Waals surface area contributed by atoms with Gasteiger partial charge in [-0.2, -0.15) is 5.26 Å². The largest absolute Gasteiger partial charge is 0.325 e. The summed E-state index contributed by atoms with van der Waals surface area (Å²) in [5.74, 6) is 0.604. The molecule has 0 radical (unpaired) electrons. The summed E-state index contributed by atoms with van der Waals surface area (Å²) >= 11 is 0. The number of hydrogen-bond acceptors (Lipinski definition) is 3. The lowest BCUT2D eigenvalue weighted by molar-refractivity contribution is -0.116. The summed E-state index contributed by atoms with van der Waals surface area (Å²) in [6.07, 6.45) is 1.60. The van der Waals surface area contributed by atoms with Crippen LogP contribution < -0.4 is 5.32 Å². The number of para-hydroxylation sites is 1. The first-order valence-electron chi connectivity index (χ1n) is 7.62. The van der Waals surface area contributed by atoms with Crippen LogP contribution in [0.3, 0.4) is 0 Å². The molecule has 0 aliphatic heterocycles. The first-order chi connectivity index (χ1) is 10.1. The lowest BCUT2D eigenvalue weighted by atomic mass is 10.1. The Balaban J connectivity index is 2.48. The molecule has 114 valence electrons. The summed E-state index contributed by atoms with van der Waals surface area (Å²) < 4.78 is 0. The van der Waals surface area contributed by atoms with E-state index >= 15 is 0 Å². The van der Waals surface area contributed by atoms with E-state index in [0.717, 1.165) is 26.1 Å². The molecule has 0 saturated heterocycles. The Hall–Kier alpha value is -1.86. The van der Waals surface area contributed by atoms with Crippen LogP contribution in [0.15, 0.2) is 24.3 Å². The molecular weight excluding hydrogens is 262 g/mol. The molecule has 1 amide bonds. The summed E-state index contributed by atoms with van der Waals surface area (Å²) in [5, 5.41) is 11.8. The van der Waals surface area contributed by atoms with Gasteiger partial charge in [-0.1, -0.05) is 39.3 Å². The second kappa shape index (κ2) is 9.15. The SMILES string of the molecule is CCC(C)CN(CC)CCC(=O)Nc1ccccc1C#N. The molecule has 1 unspecified atom stereocenters. The van der Waals surface area contributed by atoms with E-state index < -0.39 is 0 Å². The molecule has 0 saturated carbocycles. The highest BCUT2D eigenvalue weighted by atomic mass is 16.1. The quantitative estimate of drug-likeness (QED) is 0.798. The van der Waals surface area contributed by atoms with Crippen molar-refractivity contribution in [3.05, 3.63) is 29.8 Å². The van der Waals surface area contributed by atoms with Crippen LogP contribution in [0.25, 0.3) is 0 Å². The van der Waals surface area contributed by atoms with E-state index in [2.05, 4.69) is 37.1 Å². The number of nitriles is 1. The van der Waals surface area contributed by atoms with Gasteiger partial charge in [0.15, 0.2) is 0 Å². The number of carbonyl (C=O) groups is 1. The summed E-state index contributed by atoms with van der Waals surface area (Å²) in [5.41, 5.74) is 1.09. The van der Waals surface area contributed by atoms with Crippen molar-refractivity contribution in [1.29, 1.82) is 5.26 Å². The van der Waals surface area contributed by atoms with E-state index in [1.807, 2.05) is 6.07 Å². The Morgan fingerprint density at radius 3 is 2.71 bits per heavy atom. The zero-order chi connectivity index (χ0) is 15.7. The Morgan fingerprint density at radius 1 is 1.38 bits per heavy atom. The van der Waals surface area contributed by atoms with Crippen LogP contribution in [-0.2, 0) is 4.79 Å². The number of anilines is 1. The minimum Gasteiger partial charge on any atom is -0.325 e. The second-order valence-electron chi connectivity index (χ2n) is 5.36. The number of nitrogens with one attached hydrogen (secondary N) is 1. The smallest absolute Gasteiger partial charge is 0.225 e. The van der Waals surface area contributed by atoms with Gasteiger partial charge in [0.1, 0.15) is 6.07 Å². The van der Waals surface area contributed by atoms with Gasteiger partial charge in [-0.3, -0.25) is 4.79 Å². The van der Waals surface area contributed by atoms with Crippen LogP contribution in [0, 0.1) is 17.2 Å². The molecule has 1 aromatic rings. The maximum absolute atomic E-state index is 12.0. The van der Waals surface area contributed by atoms with Crippen molar-refractivity contribution in [2.24, 2.45) is 5.92 Å². The van der Waals surface area contributed by atoms with Gasteiger partial charge in [0.25, 0.3) is 0 Å². The van der Waals surface area contributed by atoms with Crippen molar-refractivity contribution in [2.75, 3.05) is 25.0 Å². The Morgan fingerprint density at radius 2 is 2.10 bits per heavy atom. The van der Waals surface area contributed by atoms with E-state index in [1.165, 1.54) is 0 Å². The average Bonchev–Trinajstić information content (AvgIpc) is 2.51. The molecule has 1 atom stereocenters. The number of hydrogen-bond donors (Lipinski definition) is 1. The third kappa shape index (κ3) is 5.97. The van der Waals surface area contributed by atoms with E-state index in [-0.39, 0.29) is 5.91 Å². The van der Waals surface area contributed by atoms with Gasteiger partial charge in [-0.25, -0.2) is 0 Å². The summed E-state index contributed by atoms with van der Waals surface area (Å²) in [6, 6.07) is 9.16. The van der Waals surface area contributed by atoms with Gasteiger partial charge in [-0.15, -0.1) is 0 Å². The first-order valence-corrected chi connectivity index (χ1v) is 7.62. The van der Waals surface area contributed by atoms with Gasteiger partial charge < -0.3 is 10.2 Å². The molecular formula is C17H25N3O. The molecule has 0 aliphatic rings. The van der Waals surface area contributed by atoms with E-state index in [9.17, 15) is 4.79 Å². The Bertz CT molecular complexity index is 493. The molecule has 0 bridgehead atoms. The van der Waals surface area contributed by atoms with E-state index in [1.54, 1.807) is 18.2 Å². The normalized spacial score (nSPS) is 12.0. The molecule has 0 heterocycles. The number of amides is 1. The van der Waals surface area contributed by atoms with E-state index in [4.69, 9.17) is 5.26 Å². The number of benzene rings is 1. The average molecular weight is 287 g/mol. The fourth-order valence-corrected chi connectivity index (χ4v) is 2.11. The van der Waals surface area contributed by atoms with Gasteiger partial charge >= 0.3 is 0 Å². The highest BCUT2D eigenvalue weighted by Crippen LogP contribution is 2.14. The van der Waals surface area contributed by atoms with Crippen molar-refractivity contribution in [2.45, 2.75) is 33.6 Å². The van der Waals surface area contributed by atoms with Crippen molar-refractivity contribution in [1.82, 2.24) is 4.90 Å².